The Kier molecular flexibility index (Phi) is 16.8. The summed E-state index contributed by atoms with van der Waals surface area (Å²) in [6.07, 6.45) is 6.58. The quantitative estimate of drug-likeness (QED) is 0.0435. The van der Waals surface area contributed by atoms with Crippen LogP contribution in [0.3, 0.4) is 0 Å². The van der Waals surface area contributed by atoms with Crippen LogP contribution in [0, 0.1) is 5.92 Å². The first kappa shape index (κ1) is 33.9. The first-order valence-corrected chi connectivity index (χ1v) is 13.4. The van der Waals surface area contributed by atoms with Crippen LogP contribution in [0.2, 0.25) is 0 Å². The molecule has 1 aromatic carbocycles. The third-order valence-electron chi connectivity index (χ3n) is 6.04. The molecule has 220 valence electrons. The van der Waals surface area contributed by atoms with Gasteiger partial charge in [-0.1, -0.05) is 43.7 Å². The average Bonchev–Trinajstić information content (AvgIpc) is 2.91. The summed E-state index contributed by atoms with van der Waals surface area (Å²) in [7, 11) is 0. The first-order chi connectivity index (χ1) is 19.2. The van der Waals surface area contributed by atoms with Gasteiger partial charge in [0, 0.05) is 19.3 Å². The molecule has 0 fully saturated rings. The molecule has 0 aliphatic rings. The summed E-state index contributed by atoms with van der Waals surface area (Å²) >= 11 is 0. The van der Waals surface area contributed by atoms with Gasteiger partial charge in [0.25, 0.3) is 6.47 Å². The van der Waals surface area contributed by atoms with E-state index in [9.17, 15) is 19.2 Å². The highest BCUT2D eigenvalue weighted by atomic mass is 16.5. The number of Topliss-reactive ketones (excluding diaryl/α,β-unsaturated/α-hetero) is 1. The van der Waals surface area contributed by atoms with Crippen molar-refractivity contribution in [1.29, 1.82) is 0 Å². The molecule has 11 heteroatoms. The molecule has 1 aromatic rings. The van der Waals surface area contributed by atoms with Gasteiger partial charge in [0.15, 0.2) is 5.78 Å². The predicted molar refractivity (Wildman–Crippen MR) is 153 cm³/mol. The Morgan fingerprint density at radius 1 is 1.05 bits per heavy atom. The Hall–Kier alpha value is -4.15. The van der Waals surface area contributed by atoms with Gasteiger partial charge in [0.2, 0.25) is 11.8 Å². The number of hydrogen-bond donors (Lipinski definition) is 5. The standard InChI is InChI=1S/C29H43N5O6/c1-4-9-24(19-39-20-35)34-28(38)23(10-7-6-8-15-32-29(30)31)18-27(37)26(33-21(3)36)17-22-11-13-25(14-12-22)40-16-5-2/h4-5,11-14,20,23-24,26H,1-2,6-10,15-19H2,3H3,(H,33,36)(H,34,38)(H4,30,31,32)/p+1/t23-,24+,26+/m1/s1. The van der Waals surface area contributed by atoms with Gasteiger partial charge in [-0.15, -0.1) is 6.58 Å². The highest BCUT2D eigenvalue weighted by molar-refractivity contribution is 5.92. The maximum atomic E-state index is 13.4. The molecule has 3 atom stereocenters. The van der Waals surface area contributed by atoms with E-state index in [0.717, 1.165) is 18.4 Å². The Morgan fingerprint density at radius 2 is 1.77 bits per heavy atom. The second-order valence-corrected chi connectivity index (χ2v) is 9.46. The SMILES string of the molecule is C=CCOc1ccc(C[C@H](NC(C)=O)C(=O)C[C@@H](CCCCC[NH+]=C(N)N)C(=O)N[C@@H](CC=C)COC=O)cc1. The maximum Gasteiger partial charge on any atom is 0.338 e. The largest absolute Gasteiger partial charge is 0.490 e. The summed E-state index contributed by atoms with van der Waals surface area (Å²) < 4.78 is 10.3. The summed E-state index contributed by atoms with van der Waals surface area (Å²) in [6, 6.07) is 5.97. The molecule has 1 rings (SSSR count). The molecule has 0 radical (unpaired) electrons. The van der Waals surface area contributed by atoms with E-state index in [1.165, 1.54) is 6.92 Å². The third kappa shape index (κ3) is 14.7. The van der Waals surface area contributed by atoms with Gasteiger partial charge in [-0.2, -0.15) is 0 Å². The van der Waals surface area contributed by atoms with Crippen molar-refractivity contribution in [2.24, 2.45) is 17.4 Å². The summed E-state index contributed by atoms with van der Waals surface area (Å²) in [5, 5.41) is 5.61. The lowest BCUT2D eigenvalue weighted by atomic mass is 9.90. The second-order valence-electron chi connectivity index (χ2n) is 9.46. The van der Waals surface area contributed by atoms with Gasteiger partial charge in [-0.05, 0) is 43.4 Å². The Labute approximate surface area is 236 Å². The highest BCUT2D eigenvalue weighted by Crippen LogP contribution is 2.19. The maximum absolute atomic E-state index is 13.4. The van der Waals surface area contributed by atoms with Crippen LogP contribution in [0.4, 0.5) is 0 Å². The molecule has 0 unspecified atom stereocenters. The smallest absolute Gasteiger partial charge is 0.338 e. The monoisotopic (exact) mass is 558 g/mol. The zero-order chi connectivity index (χ0) is 29.8. The Balaban J connectivity index is 2.99. The number of unbranched alkanes of at least 4 members (excludes halogenated alkanes) is 2. The summed E-state index contributed by atoms with van der Waals surface area (Å²) in [6.45, 7) is 9.94. The number of nitrogens with one attached hydrogen (secondary N) is 3. The second kappa shape index (κ2) is 19.9. The normalized spacial score (nSPS) is 12.6. The van der Waals surface area contributed by atoms with Crippen molar-refractivity contribution in [3.8, 4) is 5.75 Å². The van der Waals surface area contributed by atoms with Crippen LogP contribution in [-0.4, -0.2) is 61.9 Å². The summed E-state index contributed by atoms with van der Waals surface area (Å²) in [5.41, 5.74) is 11.7. The molecule has 7 N–H and O–H groups in total. The van der Waals surface area contributed by atoms with Gasteiger partial charge in [0.05, 0.1) is 18.6 Å². The first-order valence-electron chi connectivity index (χ1n) is 13.4. The molecule has 0 spiro atoms. The summed E-state index contributed by atoms with van der Waals surface area (Å²) in [5.74, 6) is -0.738. The zero-order valence-electron chi connectivity index (χ0n) is 23.4. The van der Waals surface area contributed by atoms with Crippen molar-refractivity contribution in [2.75, 3.05) is 19.8 Å². The Morgan fingerprint density at radius 3 is 2.38 bits per heavy atom. The zero-order valence-corrected chi connectivity index (χ0v) is 23.4. The average molecular weight is 559 g/mol. The van der Waals surface area contributed by atoms with Gasteiger partial charge in [-0.3, -0.25) is 35.6 Å². The molecule has 0 aromatic heterocycles. The van der Waals surface area contributed by atoms with Crippen LogP contribution < -0.4 is 31.8 Å². The number of rotatable bonds is 22. The number of guanidine groups is 1. The molecule has 0 saturated heterocycles. The fourth-order valence-electron chi connectivity index (χ4n) is 4.08. The van der Waals surface area contributed by atoms with Crippen LogP contribution in [0.25, 0.3) is 0 Å². The molecule has 2 amide bonds. The molecule has 0 saturated carbocycles. The number of carbonyl (C=O) groups excluding carboxylic acids is 4. The van der Waals surface area contributed by atoms with E-state index >= 15 is 0 Å². The van der Waals surface area contributed by atoms with Crippen molar-refractivity contribution in [1.82, 2.24) is 10.6 Å². The van der Waals surface area contributed by atoms with Crippen LogP contribution in [0.1, 0.15) is 51.0 Å². The molecule has 0 aliphatic carbocycles. The fraction of sp³-hybridized carbons (Fsp3) is 0.483. The van der Waals surface area contributed by atoms with Crippen LogP contribution in [0.5, 0.6) is 5.75 Å². The van der Waals surface area contributed by atoms with Crippen LogP contribution in [0.15, 0.2) is 49.6 Å². The van der Waals surface area contributed by atoms with E-state index in [1.807, 2.05) is 12.1 Å². The topological polar surface area (TPSA) is 177 Å². The van der Waals surface area contributed by atoms with Crippen molar-refractivity contribution in [3.63, 3.8) is 0 Å². The van der Waals surface area contributed by atoms with E-state index < -0.39 is 18.0 Å². The number of benzene rings is 1. The van der Waals surface area contributed by atoms with Gasteiger partial charge in [0.1, 0.15) is 19.0 Å². The van der Waals surface area contributed by atoms with E-state index in [-0.39, 0.29) is 43.0 Å². The molecule has 0 aliphatic heterocycles. The van der Waals surface area contributed by atoms with Crippen LogP contribution >= 0.6 is 0 Å². The lowest BCUT2D eigenvalue weighted by Crippen LogP contribution is -2.78. The van der Waals surface area contributed by atoms with Crippen molar-refractivity contribution >= 4 is 30.0 Å². The van der Waals surface area contributed by atoms with E-state index in [1.54, 1.807) is 24.3 Å². The number of ketones is 1. The lowest BCUT2D eigenvalue weighted by molar-refractivity contribution is -0.459. The van der Waals surface area contributed by atoms with Crippen molar-refractivity contribution < 1.29 is 33.6 Å². The van der Waals surface area contributed by atoms with E-state index in [4.69, 9.17) is 20.9 Å². The number of ether oxygens (including phenoxy) is 2. The fourth-order valence-corrected chi connectivity index (χ4v) is 4.08. The summed E-state index contributed by atoms with van der Waals surface area (Å²) in [4.78, 5) is 52.1. The Bertz CT molecular complexity index is 991. The molecule has 0 heterocycles. The predicted octanol–water partition coefficient (Wildman–Crippen LogP) is 0.0223. The number of carbonyl (C=O) groups is 4. The molecule has 40 heavy (non-hydrogen) atoms. The van der Waals surface area contributed by atoms with Gasteiger partial charge in [-0.25, -0.2) is 0 Å². The van der Waals surface area contributed by atoms with Crippen LogP contribution in [-0.2, 0) is 30.3 Å². The van der Waals surface area contributed by atoms with Crippen molar-refractivity contribution in [3.05, 3.63) is 55.1 Å². The highest BCUT2D eigenvalue weighted by Gasteiger charge is 2.28. The van der Waals surface area contributed by atoms with Gasteiger partial charge >= 0.3 is 5.96 Å². The molecular weight excluding hydrogens is 514 g/mol. The minimum atomic E-state index is -0.803. The van der Waals surface area contributed by atoms with Crippen molar-refractivity contribution in [2.45, 2.75) is 64.0 Å². The minimum Gasteiger partial charge on any atom is -0.490 e. The molecule has 11 nitrogen and oxygen atoms in total. The molecular formula is C29H44N5O6+. The number of nitrogens with two attached hydrogens (primary N) is 2. The van der Waals surface area contributed by atoms with E-state index in [2.05, 4.69) is 28.8 Å². The third-order valence-corrected chi connectivity index (χ3v) is 6.04. The van der Waals surface area contributed by atoms with Gasteiger partial charge < -0.3 is 20.1 Å². The number of hydrogen-bond acceptors (Lipinski definition) is 6. The van der Waals surface area contributed by atoms with E-state index in [0.29, 0.717) is 44.6 Å². The lowest BCUT2D eigenvalue weighted by Gasteiger charge is -2.23. The minimum absolute atomic E-state index is 0.00830. The molecule has 0 bridgehead atoms. The number of amides is 2.